The number of rotatable bonds is 3. The first-order chi connectivity index (χ1) is 12.0. The Hall–Kier alpha value is -2.66. The molecule has 0 radical (unpaired) electrons. The number of hydrogen-bond acceptors (Lipinski definition) is 8. The molecule has 4 atom stereocenters. The van der Waals surface area contributed by atoms with Gasteiger partial charge in [0.25, 0.3) is 0 Å². The summed E-state index contributed by atoms with van der Waals surface area (Å²) in [5.74, 6) is -3.06. The first-order valence-corrected chi connectivity index (χ1v) is 7.39. The number of carboxylic acid groups (broad SMARTS) is 2. The molecule has 0 amide bonds. The first-order valence-electron chi connectivity index (χ1n) is 7.39. The van der Waals surface area contributed by atoms with Crippen LogP contribution in [0.25, 0.3) is 6.08 Å². The maximum absolute atomic E-state index is 10.5. The van der Waals surface area contributed by atoms with Gasteiger partial charge in [-0.2, -0.15) is 0 Å². The fourth-order valence-electron chi connectivity index (χ4n) is 2.26. The van der Waals surface area contributed by atoms with Crippen LogP contribution in [-0.2, 0) is 9.59 Å². The molecular formula is C16H20O10. The molecule has 1 fully saturated rings. The van der Waals surface area contributed by atoms with Gasteiger partial charge in [-0.15, -0.1) is 0 Å². The van der Waals surface area contributed by atoms with Crippen LogP contribution in [0.4, 0.5) is 0 Å². The Balaban J connectivity index is 0.000000260. The van der Waals surface area contributed by atoms with Gasteiger partial charge in [-0.3, -0.25) is 0 Å². The second-order valence-electron chi connectivity index (χ2n) is 5.79. The number of carboxylic acids is 2. The van der Waals surface area contributed by atoms with Crippen molar-refractivity contribution in [2.45, 2.75) is 36.8 Å². The summed E-state index contributed by atoms with van der Waals surface area (Å²) in [5.41, 5.74) is -1.63. The summed E-state index contributed by atoms with van der Waals surface area (Å²) in [6, 6.07) is 4.06. The molecule has 1 aromatic carbocycles. The van der Waals surface area contributed by atoms with E-state index in [-0.39, 0.29) is 11.5 Å². The number of aliphatic carboxylic acids is 2. The standard InChI is InChI=1S/C9H8O4.C7H12O6/c10-7-3-1-6(5-8(7)11)2-4-9(12)13;8-3-1-7(13,6(11)12)2-4(9)5(3)10/h1-5,10-11H,(H,12,13);3-5,8-10,13H,1-2H2,(H,11,12)/b4-2+;/t;3-,4?,5?,7?/m.1/s1. The second-order valence-corrected chi connectivity index (χ2v) is 5.79. The summed E-state index contributed by atoms with van der Waals surface area (Å²) >= 11 is 0. The van der Waals surface area contributed by atoms with Crippen LogP contribution in [0.15, 0.2) is 24.3 Å². The van der Waals surface area contributed by atoms with Crippen LogP contribution in [0.5, 0.6) is 11.5 Å². The van der Waals surface area contributed by atoms with E-state index in [2.05, 4.69) is 0 Å². The molecular weight excluding hydrogens is 352 g/mol. The third-order valence-corrected chi connectivity index (χ3v) is 3.70. The van der Waals surface area contributed by atoms with E-state index in [4.69, 9.17) is 35.7 Å². The highest BCUT2D eigenvalue weighted by atomic mass is 16.4. The third kappa shape index (κ3) is 5.70. The molecule has 3 unspecified atom stereocenters. The summed E-state index contributed by atoms with van der Waals surface area (Å²) in [6.45, 7) is 0. The van der Waals surface area contributed by atoms with Crippen molar-refractivity contribution in [2.75, 3.05) is 0 Å². The van der Waals surface area contributed by atoms with Crippen molar-refractivity contribution in [1.29, 1.82) is 0 Å². The number of hydrogen-bond donors (Lipinski definition) is 8. The molecule has 10 nitrogen and oxygen atoms in total. The van der Waals surface area contributed by atoms with E-state index in [9.17, 15) is 14.7 Å². The van der Waals surface area contributed by atoms with E-state index in [1.165, 1.54) is 24.3 Å². The zero-order valence-electron chi connectivity index (χ0n) is 13.4. The zero-order chi connectivity index (χ0) is 20.1. The molecule has 1 aliphatic carbocycles. The van der Waals surface area contributed by atoms with Crippen LogP contribution in [0.1, 0.15) is 18.4 Å². The monoisotopic (exact) mass is 372 g/mol. The third-order valence-electron chi connectivity index (χ3n) is 3.70. The molecule has 0 spiro atoms. The smallest absolute Gasteiger partial charge is 0.335 e. The quantitative estimate of drug-likeness (QED) is 0.237. The molecule has 1 saturated carbocycles. The summed E-state index contributed by atoms with van der Waals surface area (Å²) < 4.78 is 0. The van der Waals surface area contributed by atoms with Crippen LogP contribution in [0.3, 0.4) is 0 Å². The SMILES string of the molecule is O=C(O)/C=C/c1ccc(O)c(O)c1.O=C(O)C1(O)CC(O)C(O)[C@H](O)C1. The van der Waals surface area contributed by atoms with E-state index < -0.39 is 48.7 Å². The molecule has 0 aliphatic heterocycles. The second kappa shape index (κ2) is 8.63. The Morgan fingerprint density at radius 1 is 1.00 bits per heavy atom. The van der Waals surface area contributed by atoms with Crippen molar-refractivity contribution in [3.8, 4) is 11.5 Å². The Bertz CT molecular complexity index is 672. The highest BCUT2D eigenvalue weighted by Crippen LogP contribution is 2.29. The molecule has 10 heteroatoms. The summed E-state index contributed by atoms with van der Waals surface area (Å²) in [5, 5.41) is 71.5. The average molecular weight is 372 g/mol. The number of phenols is 2. The van der Waals surface area contributed by atoms with Gasteiger partial charge in [0.1, 0.15) is 6.10 Å². The van der Waals surface area contributed by atoms with Crippen molar-refractivity contribution in [3.05, 3.63) is 29.8 Å². The van der Waals surface area contributed by atoms with Gasteiger partial charge in [0.2, 0.25) is 0 Å². The van der Waals surface area contributed by atoms with Crippen molar-refractivity contribution in [2.24, 2.45) is 0 Å². The van der Waals surface area contributed by atoms with Gasteiger partial charge in [-0.1, -0.05) is 6.07 Å². The van der Waals surface area contributed by atoms with Crippen LogP contribution in [0.2, 0.25) is 0 Å². The summed E-state index contributed by atoms with van der Waals surface area (Å²) in [4.78, 5) is 20.6. The highest BCUT2D eigenvalue weighted by molar-refractivity contribution is 5.85. The van der Waals surface area contributed by atoms with Crippen LogP contribution in [-0.4, -0.2) is 76.7 Å². The van der Waals surface area contributed by atoms with Gasteiger partial charge in [0.05, 0.1) is 12.2 Å². The van der Waals surface area contributed by atoms with Gasteiger partial charge in [0, 0.05) is 18.9 Å². The molecule has 26 heavy (non-hydrogen) atoms. The lowest BCUT2D eigenvalue weighted by Gasteiger charge is -2.37. The van der Waals surface area contributed by atoms with E-state index in [1.807, 2.05) is 0 Å². The van der Waals surface area contributed by atoms with Crippen molar-refractivity contribution in [3.63, 3.8) is 0 Å². The van der Waals surface area contributed by atoms with Crippen molar-refractivity contribution >= 4 is 18.0 Å². The fraction of sp³-hybridized carbons (Fsp3) is 0.375. The number of benzene rings is 1. The van der Waals surface area contributed by atoms with Gasteiger partial charge in [-0.05, 0) is 23.8 Å². The van der Waals surface area contributed by atoms with Gasteiger partial charge in [0.15, 0.2) is 17.1 Å². The zero-order valence-corrected chi connectivity index (χ0v) is 13.4. The molecule has 2 rings (SSSR count). The minimum Gasteiger partial charge on any atom is -0.504 e. The maximum atomic E-state index is 10.5. The minimum absolute atomic E-state index is 0.229. The molecule has 144 valence electrons. The lowest BCUT2D eigenvalue weighted by atomic mass is 9.80. The van der Waals surface area contributed by atoms with Gasteiger partial charge in [-0.25, -0.2) is 9.59 Å². The van der Waals surface area contributed by atoms with Crippen LogP contribution >= 0.6 is 0 Å². The molecule has 0 bridgehead atoms. The Morgan fingerprint density at radius 3 is 1.96 bits per heavy atom. The molecule has 0 heterocycles. The van der Waals surface area contributed by atoms with E-state index in [1.54, 1.807) is 0 Å². The fourth-order valence-corrected chi connectivity index (χ4v) is 2.26. The largest absolute Gasteiger partial charge is 0.504 e. The molecule has 1 aliphatic rings. The molecule has 0 aromatic heterocycles. The Morgan fingerprint density at radius 2 is 1.54 bits per heavy atom. The van der Waals surface area contributed by atoms with Crippen molar-refractivity contribution < 1.29 is 50.4 Å². The number of aromatic hydroxyl groups is 2. The number of carbonyl (C=O) groups is 2. The van der Waals surface area contributed by atoms with E-state index in [0.29, 0.717) is 5.56 Å². The van der Waals surface area contributed by atoms with Crippen LogP contribution in [0, 0.1) is 0 Å². The average Bonchev–Trinajstić information content (AvgIpc) is 2.54. The van der Waals surface area contributed by atoms with Gasteiger partial charge < -0.3 is 40.9 Å². The summed E-state index contributed by atoms with van der Waals surface area (Å²) in [7, 11) is 0. The lowest BCUT2D eigenvalue weighted by Crippen LogP contribution is -2.56. The Kier molecular flexibility index (Phi) is 7.10. The first kappa shape index (κ1) is 21.4. The van der Waals surface area contributed by atoms with Crippen molar-refractivity contribution in [1.82, 2.24) is 0 Å². The Labute approximate surface area is 147 Å². The molecule has 8 N–H and O–H groups in total. The predicted octanol–water partition coefficient (Wildman–Crippen LogP) is -1.13. The van der Waals surface area contributed by atoms with E-state index in [0.717, 1.165) is 6.08 Å². The highest BCUT2D eigenvalue weighted by Gasteiger charge is 2.48. The normalized spacial score (nSPS) is 28.2. The molecule has 0 saturated heterocycles. The minimum atomic E-state index is -2.14. The topological polar surface area (TPSA) is 196 Å². The predicted molar refractivity (Wildman–Crippen MR) is 86.3 cm³/mol. The van der Waals surface area contributed by atoms with Crippen LogP contribution < -0.4 is 0 Å². The number of phenolic OH excluding ortho intramolecular Hbond substituents is 2. The lowest BCUT2D eigenvalue weighted by molar-refractivity contribution is -0.187. The maximum Gasteiger partial charge on any atom is 0.335 e. The van der Waals surface area contributed by atoms with Gasteiger partial charge >= 0.3 is 11.9 Å². The molecule has 1 aromatic rings. The van der Waals surface area contributed by atoms with E-state index >= 15 is 0 Å². The number of aliphatic hydroxyl groups excluding tert-OH is 3. The summed E-state index contributed by atoms with van der Waals surface area (Å²) in [6.07, 6.45) is -2.89. The number of aliphatic hydroxyl groups is 4.